The van der Waals surface area contributed by atoms with Gasteiger partial charge in [-0.15, -0.1) is 0 Å². The maximum absolute atomic E-state index is 6.25. The molecule has 0 radical (unpaired) electrons. The minimum absolute atomic E-state index is 0.0765. The molecule has 0 N–H and O–H groups in total. The Bertz CT molecular complexity index is 796. The second-order valence-electron chi connectivity index (χ2n) is 7.58. The number of ether oxygens (including phenoxy) is 2. The molecule has 3 aromatic rings. The van der Waals surface area contributed by atoms with Gasteiger partial charge >= 0.3 is 182 Å². The van der Waals surface area contributed by atoms with Crippen molar-refractivity contribution in [1.29, 1.82) is 0 Å². The SMILES string of the molecule is BrP(CCOC1CCCCO1)(c1ccccc1)(c1ccccc1)c1ccccc1. The summed E-state index contributed by atoms with van der Waals surface area (Å²) in [6.45, 7) is 1.45. The van der Waals surface area contributed by atoms with Crippen molar-refractivity contribution in [2.75, 3.05) is 19.4 Å². The Hall–Kier alpha value is -1.51. The van der Waals surface area contributed by atoms with Crippen molar-refractivity contribution in [1.82, 2.24) is 0 Å². The van der Waals surface area contributed by atoms with Crippen molar-refractivity contribution < 1.29 is 9.47 Å². The maximum atomic E-state index is 6.25. The zero-order valence-corrected chi connectivity index (χ0v) is 19.1. The van der Waals surface area contributed by atoms with Crippen LogP contribution < -0.4 is 15.9 Å². The second-order valence-corrected chi connectivity index (χ2v) is 16.6. The van der Waals surface area contributed by atoms with Crippen molar-refractivity contribution in [3.05, 3.63) is 91.0 Å². The van der Waals surface area contributed by atoms with Crippen molar-refractivity contribution in [3.8, 4) is 0 Å². The van der Waals surface area contributed by atoms with Gasteiger partial charge in [-0.2, -0.15) is 0 Å². The fraction of sp³-hybridized carbons (Fsp3) is 0.280. The van der Waals surface area contributed by atoms with E-state index in [4.69, 9.17) is 9.47 Å². The Kier molecular flexibility index (Phi) is 6.51. The molecule has 0 aliphatic carbocycles. The number of hydrogen-bond donors (Lipinski definition) is 0. The molecule has 4 rings (SSSR count). The predicted octanol–water partition coefficient (Wildman–Crippen LogP) is 5.37. The van der Waals surface area contributed by atoms with Crippen LogP contribution >= 0.6 is 20.8 Å². The van der Waals surface area contributed by atoms with Crippen LogP contribution in [0.4, 0.5) is 0 Å². The van der Waals surface area contributed by atoms with Crippen molar-refractivity contribution in [2.45, 2.75) is 25.6 Å². The van der Waals surface area contributed by atoms with E-state index < -0.39 is 5.31 Å². The molecule has 152 valence electrons. The van der Waals surface area contributed by atoms with E-state index in [2.05, 4.69) is 106 Å². The number of halogens is 1. The summed E-state index contributed by atoms with van der Waals surface area (Å²) in [6.07, 6.45) is 4.10. The van der Waals surface area contributed by atoms with E-state index in [9.17, 15) is 0 Å². The Morgan fingerprint density at radius 1 is 0.759 bits per heavy atom. The van der Waals surface area contributed by atoms with Gasteiger partial charge in [-0.3, -0.25) is 0 Å². The van der Waals surface area contributed by atoms with Crippen LogP contribution in [0.1, 0.15) is 19.3 Å². The van der Waals surface area contributed by atoms with Crippen LogP contribution in [0.15, 0.2) is 91.0 Å². The van der Waals surface area contributed by atoms with Gasteiger partial charge in [-0.05, 0) is 0 Å². The number of hydrogen-bond acceptors (Lipinski definition) is 2. The van der Waals surface area contributed by atoms with Crippen LogP contribution in [-0.2, 0) is 9.47 Å². The van der Waals surface area contributed by atoms with Crippen LogP contribution in [0.25, 0.3) is 0 Å². The van der Waals surface area contributed by atoms with E-state index in [-0.39, 0.29) is 6.29 Å². The zero-order valence-electron chi connectivity index (χ0n) is 16.6. The molecule has 0 saturated carbocycles. The fourth-order valence-corrected chi connectivity index (χ4v) is 11.3. The molecule has 1 heterocycles. The van der Waals surface area contributed by atoms with E-state index in [1.807, 2.05) is 0 Å². The molecular weight excluding hydrogens is 443 g/mol. The molecule has 1 aliphatic rings. The quantitative estimate of drug-likeness (QED) is 0.432. The third kappa shape index (κ3) is 4.07. The predicted molar refractivity (Wildman–Crippen MR) is 128 cm³/mol. The summed E-state index contributed by atoms with van der Waals surface area (Å²) in [5.41, 5.74) is 0. The second kappa shape index (κ2) is 9.10. The average molecular weight is 471 g/mol. The normalized spacial score (nSPS) is 18.7. The third-order valence-corrected chi connectivity index (χ3v) is 15.7. The van der Waals surface area contributed by atoms with Crippen molar-refractivity contribution >= 4 is 36.7 Å². The van der Waals surface area contributed by atoms with Gasteiger partial charge in [0.15, 0.2) is 0 Å². The Labute approximate surface area is 181 Å². The number of benzene rings is 3. The Balaban J connectivity index is 1.80. The van der Waals surface area contributed by atoms with E-state index in [1.165, 1.54) is 22.3 Å². The first-order valence-corrected chi connectivity index (χ1v) is 14.8. The van der Waals surface area contributed by atoms with E-state index >= 15 is 0 Å². The van der Waals surface area contributed by atoms with Gasteiger partial charge in [-0.25, -0.2) is 0 Å². The third-order valence-electron chi connectivity index (χ3n) is 5.84. The summed E-state index contributed by atoms with van der Waals surface area (Å²) >= 11 is 4.45. The fourth-order valence-electron chi connectivity index (χ4n) is 4.25. The number of rotatable bonds is 7. The minimum atomic E-state index is -2.89. The molecule has 1 unspecified atom stereocenters. The van der Waals surface area contributed by atoms with Crippen LogP contribution in [-0.4, -0.2) is 25.7 Å². The molecule has 1 saturated heterocycles. The van der Waals surface area contributed by atoms with E-state index in [1.54, 1.807) is 0 Å². The monoisotopic (exact) mass is 470 g/mol. The molecular formula is C25H28BrO2P. The molecule has 2 nitrogen and oxygen atoms in total. The summed E-state index contributed by atoms with van der Waals surface area (Å²) in [6, 6.07) is 32.6. The van der Waals surface area contributed by atoms with Crippen molar-refractivity contribution in [3.63, 3.8) is 0 Å². The topological polar surface area (TPSA) is 18.5 Å². The van der Waals surface area contributed by atoms with Gasteiger partial charge in [0.05, 0.1) is 0 Å². The molecule has 1 atom stereocenters. The molecule has 4 heteroatoms. The first kappa shape index (κ1) is 20.8. The summed E-state index contributed by atoms with van der Waals surface area (Å²) in [5, 5.41) is 1.08. The van der Waals surface area contributed by atoms with Crippen LogP contribution in [0.5, 0.6) is 0 Å². The average Bonchev–Trinajstić information content (AvgIpc) is 2.81. The Morgan fingerprint density at radius 2 is 1.24 bits per heavy atom. The summed E-state index contributed by atoms with van der Waals surface area (Å²) < 4.78 is 12.1. The summed E-state index contributed by atoms with van der Waals surface area (Å²) in [5.74, 6) is 0. The van der Waals surface area contributed by atoms with Gasteiger partial charge in [-0.1, -0.05) is 0 Å². The zero-order chi connectivity index (χ0) is 20.0. The van der Waals surface area contributed by atoms with Crippen molar-refractivity contribution in [2.24, 2.45) is 0 Å². The first-order chi connectivity index (χ1) is 14.2. The standard InChI is InChI=1S/C25H28BrO2P/c26-29(22-12-4-1-5-13-22,23-14-6-2-7-15-23,24-16-8-3-9-17-24)21-20-28-25-18-10-11-19-27-25/h1-9,12-17,25H,10-11,18-21H2. The molecule has 0 aromatic heterocycles. The van der Waals surface area contributed by atoms with Gasteiger partial charge in [0.2, 0.25) is 0 Å². The van der Waals surface area contributed by atoms with Gasteiger partial charge in [0, 0.05) is 0 Å². The molecule has 1 fully saturated rings. The van der Waals surface area contributed by atoms with Crippen LogP contribution in [0.3, 0.4) is 0 Å². The first-order valence-electron chi connectivity index (χ1n) is 10.3. The molecule has 0 spiro atoms. The van der Waals surface area contributed by atoms with E-state index in [0.717, 1.165) is 25.6 Å². The summed E-state index contributed by atoms with van der Waals surface area (Å²) in [4.78, 5) is 0. The summed E-state index contributed by atoms with van der Waals surface area (Å²) in [7, 11) is 0. The van der Waals surface area contributed by atoms with Gasteiger partial charge in [0.1, 0.15) is 0 Å². The molecule has 3 aromatic carbocycles. The molecule has 1 aliphatic heterocycles. The van der Waals surface area contributed by atoms with Crippen LogP contribution in [0, 0.1) is 0 Å². The Morgan fingerprint density at radius 3 is 1.66 bits per heavy atom. The molecule has 0 bridgehead atoms. The van der Waals surface area contributed by atoms with Gasteiger partial charge < -0.3 is 0 Å². The van der Waals surface area contributed by atoms with E-state index in [0.29, 0.717) is 6.61 Å². The van der Waals surface area contributed by atoms with Gasteiger partial charge in [0.25, 0.3) is 0 Å². The van der Waals surface area contributed by atoms with Crippen LogP contribution in [0.2, 0.25) is 0 Å². The molecule has 29 heavy (non-hydrogen) atoms. The molecule has 0 amide bonds.